The fourth-order valence-electron chi connectivity index (χ4n) is 2.65. The zero-order chi connectivity index (χ0) is 20.0. The highest BCUT2D eigenvalue weighted by atomic mass is 16.5. The van der Waals surface area contributed by atoms with Gasteiger partial charge in [-0.2, -0.15) is 5.26 Å². The largest absolute Gasteiger partial charge is 0.467 e. The fraction of sp³-hybridized carbons (Fsp3) is 0.318. The number of carbonyl (C=O) groups excluding carboxylic acids is 2. The molecular formula is C22H24N2O3. The summed E-state index contributed by atoms with van der Waals surface area (Å²) in [6, 6.07) is 15.5. The lowest BCUT2D eigenvalue weighted by atomic mass is 9.86. The molecule has 0 aliphatic rings. The molecule has 1 amide bonds. The molecule has 1 atom stereocenters. The number of hydrogen-bond donors (Lipinski definition) is 1. The number of esters is 1. The number of nitrogens with one attached hydrogen (secondary N) is 1. The van der Waals surface area contributed by atoms with Crippen LogP contribution in [0.4, 0.5) is 0 Å². The van der Waals surface area contributed by atoms with Gasteiger partial charge in [0.25, 0.3) is 5.91 Å². The first-order valence-corrected chi connectivity index (χ1v) is 8.73. The Morgan fingerprint density at radius 3 is 2.15 bits per heavy atom. The zero-order valence-electron chi connectivity index (χ0n) is 16.1. The van der Waals surface area contributed by atoms with E-state index < -0.39 is 12.0 Å². The van der Waals surface area contributed by atoms with E-state index in [4.69, 9.17) is 10.00 Å². The minimum atomic E-state index is -0.808. The maximum atomic E-state index is 12.6. The number of benzene rings is 2. The summed E-state index contributed by atoms with van der Waals surface area (Å²) >= 11 is 0. The quantitative estimate of drug-likeness (QED) is 0.825. The van der Waals surface area contributed by atoms with Crippen molar-refractivity contribution in [1.29, 1.82) is 5.26 Å². The van der Waals surface area contributed by atoms with E-state index in [1.165, 1.54) is 7.11 Å². The van der Waals surface area contributed by atoms with Gasteiger partial charge >= 0.3 is 5.97 Å². The molecule has 0 radical (unpaired) electrons. The van der Waals surface area contributed by atoms with E-state index in [0.29, 0.717) is 11.1 Å². The third-order valence-electron chi connectivity index (χ3n) is 4.33. The monoisotopic (exact) mass is 364 g/mol. The number of rotatable bonds is 5. The first kappa shape index (κ1) is 20.2. The van der Waals surface area contributed by atoms with E-state index in [0.717, 1.165) is 11.1 Å². The Labute approximate surface area is 160 Å². The Bertz CT molecular complexity index is 841. The van der Waals surface area contributed by atoms with Crippen LogP contribution >= 0.6 is 0 Å². The molecule has 27 heavy (non-hydrogen) atoms. The Morgan fingerprint density at radius 1 is 1.07 bits per heavy atom. The molecule has 1 unspecified atom stereocenters. The average Bonchev–Trinajstić information content (AvgIpc) is 2.66. The number of nitrogens with zero attached hydrogens (tertiary/aromatic N) is 1. The second kappa shape index (κ2) is 8.50. The molecule has 0 spiro atoms. The summed E-state index contributed by atoms with van der Waals surface area (Å²) in [4.78, 5) is 24.7. The van der Waals surface area contributed by atoms with Crippen LogP contribution in [0.2, 0.25) is 0 Å². The smallest absolute Gasteiger partial charge is 0.328 e. The van der Waals surface area contributed by atoms with E-state index in [9.17, 15) is 9.59 Å². The minimum Gasteiger partial charge on any atom is -0.467 e. The summed E-state index contributed by atoms with van der Waals surface area (Å²) in [5, 5.41) is 11.6. The van der Waals surface area contributed by atoms with Crippen molar-refractivity contribution in [1.82, 2.24) is 5.32 Å². The van der Waals surface area contributed by atoms with Crippen molar-refractivity contribution in [2.24, 2.45) is 0 Å². The Balaban J connectivity index is 2.14. The van der Waals surface area contributed by atoms with Gasteiger partial charge in [0.1, 0.15) is 6.04 Å². The van der Waals surface area contributed by atoms with Gasteiger partial charge in [-0.25, -0.2) is 4.79 Å². The molecule has 0 aliphatic carbocycles. The number of methoxy groups -OCH3 is 1. The van der Waals surface area contributed by atoms with Crippen molar-refractivity contribution in [3.8, 4) is 6.07 Å². The Hall–Kier alpha value is -3.13. The summed E-state index contributed by atoms with van der Waals surface area (Å²) in [6.45, 7) is 6.31. The predicted molar refractivity (Wildman–Crippen MR) is 103 cm³/mol. The van der Waals surface area contributed by atoms with Gasteiger partial charge in [-0.1, -0.05) is 45.0 Å². The van der Waals surface area contributed by atoms with Crippen molar-refractivity contribution in [2.45, 2.75) is 38.6 Å². The molecule has 1 N–H and O–H groups in total. The van der Waals surface area contributed by atoms with Gasteiger partial charge in [0.15, 0.2) is 0 Å². The third kappa shape index (κ3) is 5.42. The summed E-state index contributed by atoms with van der Waals surface area (Å²) in [5.41, 5.74) is 2.97. The van der Waals surface area contributed by atoms with Crippen molar-refractivity contribution >= 4 is 11.9 Å². The number of hydrogen-bond acceptors (Lipinski definition) is 4. The van der Waals surface area contributed by atoms with Crippen LogP contribution in [0.5, 0.6) is 0 Å². The zero-order valence-corrected chi connectivity index (χ0v) is 16.1. The summed E-state index contributed by atoms with van der Waals surface area (Å²) in [6.07, 6.45) is 0.282. The minimum absolute atomic E-state index is 0.000846. The van der Waals surface area contributed by atoms with Gasteiger partial charge in [0.05, 0.1) is 18.7 Å². The summed E-state index contributed by atoms with van der Waals surface area (Å²) in [7, 11) is 1.29. The van der Waals surface area contributed by atoms with Crippen LogP contribution in [0.3, 0.4) is 0 Å². The topological polar surface area (TPSA) is 79.2 Å². The van der Waals surface area contributed by atoms with E-state index >= 15 is 0 Å². The second-order valence-corrected chi connectivity index (χ2v) is 7.39. The van der Waals surface area contributed by atoms with Crippen LogP contribution < -0.4 is 5.32 Å². The van der Waals surface area contributed by atoms with Crippen molar-refractivity contribution in [2.75, 3.05) is 7.11 Å². The molecule has 0 aliphatic heterocycles. The number of amides is 1. The molecule has 0 aromatic heterocycles. The SMILES string of the molecule is COC(=O)C(Cc1ccc(C#N)cc1)NC(=O)c1ccc(C(C)(C)C)cc1. The van der Waals surface area contributed by atoms with Crippen molar-refractivity contribution in [3.05, 3.63) is 70.8 Å². The number of nitriles is 1. The normalized spacial score (nSPS) is 12.0. The van der Waals surface area contributed by atoms with E-state index in [1.807, 2.05) is 18.2 Å². The van der Waals surface area contributed by atoms with Gasteiger partial charge in [-0.05, 0) is 40.8 Å². The van der Waals surface area contributed by atoms with Gasteiger partial charge in [-0.15, -0.1) is 0 Å². The van der Waals surface area contributed by atoms with Gasteiger partial charge in [-0.3, -0.25) is 4.79 Å². The highest BCUT2D eigenvalue weighted by Crippen LogP contribution is 2.22. The van der Waals surface area contributed by atoms with Crippen molar-refractivity contribution in [3.63, 3.8) is 0 Å². The molecule has 0 fully saturated rings. The summed E-state index contributed by atoms with van der Waals surface area (Å²) < 4.78 is 4.82. The molecule has 5 heteroatoms. The Morgan fingerprint density at radius 2 is 1.67 bits per heavy atom. The standard InChI is InChI=1S/C22H24N2O3/c1-22(2,3)18-11-9-17(10-12-18)20(25)24-19(21(26)27-4)13-15-5-7-16(14-23)8-6-15/h5-12,19H,13H2,1-4H3,(H,24,25). The van der Waals surface area contributed by atoms with Gasteiger partial charge in [0.2, 0.25) is 0 Å². The molecule has 2 aromatic rings. The fourth-order valence-corrected chi connectivity index (χ4v) is 2.65. The highest BCUT2D eigenvalue weighted by Gasteiger charge is 2.23. The summed E-state index contributed by atoms with van der Waals surface area (Å²) in [5.74, 6) is -0.849. The maximum absolute atomic E-state index is 12.6. The first-order chi connectivity index (χ1) is 12.7. The molecule has 140 valence electrons. The van der Waals surface area contributed by atoms with Gasteiger partial charge < -0.3 is 10.1 Å². The first-order valence-electron chi connectivity index (χ1n) is 8.73. The van der Waals surface area contributed by atoms with Crippen LogP contribution in [0.25, 0.3) is 0 Å². The van der Waals surface area contributed by atoms with E-state index in [-0.39, 0.29) is 17.7 Å². The van der Waals surface area contributed by atoms with Crippen LogP contribution in [0.1, 0.15) is 47.8 Å². The van der Waals surface area contributed by atoms with Crippen LogP contribution in [-0.4, -0.2) is 25.0 Å². The highest BCUT2D eigenvalue weighted by molar-refractivity contribution is 5.96. The molecule has 2 aromatic carbocycles. The molecule has 0 saturated carbocycles. The molecule has 0 heterocycles. The van der Waals surface area contributed by atoms with Crippen LogP contribution in [0, 0.1) is 11.3 Å². The average molecular weight is 364 g/mol. The molecule has 5 nitrogen and oxygen atoms in total. The molecular weight excluding hydrogens is 340 g/mol. The second-order valence-electron chi connectivity index (χ2n) is 7.39. The lowest BCUT2D eigenvalue weighted by molar-refractivity contribution is -0.142. The molecule has 0 saturated heterocycles. The number of carbonyl (C=O) groups is 2. The van der Waals surface area contributed by atoms with E-state index in [1.54, 1.807) is 36.4 Å². The molecule has 2 rings (SSSR count). The third-order valence-corrected chi connectivity index (χ3v) is 4.33. The maximum Gasteiger partial charge on any atom is 0.328 e. The van der Waals surface area contributed by atoms with E-state index in [2.05, 4.69) is 26.1 Å². The molecule has 0 bridgehead atoms. The number of ether oxygens (including phenoxy) is 1. The lowest BCUT2D eigenvalue weighted by Crippen LogP contribution is -2.43. The Kier molecular flexibility index (Phi) is 6.36. The van der Waals surface area contributed by atoms with Crippen molar-refractivity contribution < 1.29 is 14.3 Å². The van der Waals surface area contributed by atoms with Gasteiger partial charge in [0, 0.05) is 12.0 Å². The predicted octanol–water partition coefficient (Wildman–Crippen LogP) is 3.37. The lowest BCUT2D eigenvalue weighted by Gasteiger charge is -2.20. The van der Waals surface area contributed by atoms with Crippen LogP contribution in [0.15, 0.2) is 48.5 Å². The van der Waals surface area contributed by atoms with Crippen LogP contribution in [-0.2, 0) is 21.4 Å².